The van der Waals surface area contributed by atoms with Crippen LogP contribution in [0.1, 0.15) is 44.1 Å². The van der Waals surface area contributed by atoms with E-state index in [4.69, 9.17) is 22.1 Å². The van der Waals surface area contributed by atoms with E-state index in [2.05, 4.69) is 15.6 Å². The Morgan fingerprint density at radius 2 is 1.93 bits per heavy atom. The number of rotatable bonds is 5. The number of nitrogens with one attached hydrogen (secondary N) is 2. The molecule has 1 aromatic heterocycles. The fourth-order valence-corrected chi connectivity index (χ4v) is 5.19. The number of anilines is 2. The predicted octanol–water partition coefficient (Wildman–Crippen LogP) is 2.73. The summed E-state index contributed by atoms with van der Waals surface area (Å²) in [7, 11) is 1.77. The number of nitrogens with two attached hydrogens (primary N) is 1. The summed E-state index contributed by atoms with van der Waals surface area (Å²) in [6.07, 6.45) is 7.48. The summed E-state index contributed by atoms with van der Waals surface area (Å²) >= 11 is 6.26. The number of halogens is 1. The molecule has 2 saturated carbocycles. The molecule has 4 aliphatic rings. The van der Waals surface area contributed by atoms with Gasteiger partial charge in [-0.05, 0) is 56.3 Å². The highest BCUT2D eigenvalue weighted by atomic mass is 35.5. The first-order chi connectivity index (χ1) is 14.0. The topological polar surface area (TPSA) is 106 Å². The third kappa shape index (κ3) is 4.00. The number of hydrogen-bond acceptors (Lipinski definition) is 6. The fraction of sp³-hybridized carbons (Fsp3) is 0.667. The first kappa shape index (κ1) is 20.6. The fourth-order valence-electron chi connectivity index (χ4n) is 4.81. The maximum Gasteiger partial charge on any atom is 0.235 e. The lowest BCUT2D eigenvalue weighted by molar-refractivity contribution is -0.124. The van der Waals surface area contributed by atoms with Crippen LogP contribution < -0.4 is 16.4 Å². The molecule has 29 heavy (non-hydrogen) atoms. The van der Waals surface area contributed by atoms with Gasteiger partial charge < -0.3 is 25.9 Å². The van der Waals surface area contributed by atoms with Crippen molar-refractivity contribution in [1.82, 2.24) is 4.98 Å². The molecule has 3 heterocycles. The van der Waals surface area contributed by atoms with Gasteiger partial charge in [-0.2, -0.15) is 0 Å². The second-order valence-corrected chi connectivity index (χ2v) is 8.94. The van der Waals surface area contributed by atoms with Crippen LogP contribution >= 0.6 is 11.6 Å². The van der Waals surface area contributed by atoms with Crippen LogP contribution in [0.25, 0.3) is 0 Å². The summed E-state index contributed by atoms with van der Waals surface area (Å²) in [5.41, 5.74) is 6.78. The number of fused-ring (bicyclic) bond motifs is 2. The second-order valence-electron chi connectivity index (χ2n) is 8.59. The molecule has 0 bridgehead atoms. The van der Waals surface area contributed by atoms with Crippen LogP contribution in [0.3, 0.4) is 0 Å². The Hall–Kier alpha value is -1.70. The van der Waals surface area contributed by atoms with Crippen LogP contribution in [-0.2, 0) is 19.7 Å². The van der Waals surface area contributed by atoms with Crippen LogP contribution in [-0.4, -0.2) is 43.5 Å². The van der Waals surface area contributed by atoms with Crippen LogP contribution in [0.4, 0.5) is 11.5 Å². The van der Waals surface area contributed by atoms with Crippen molar-refractivity contribution in [3.8, 4) is 0 Å². The molecule has 0 aromatic carbocycles. The molecule has 0 radical (unpaired) electrons. The van der Waals surface area contributed by atoms with E-state index in [0.717, 1.165) is 29.4 Å². The molecule has 1 spiro atoms. The lowest BCUT2D eigenvalue weighted by Gasteiger charge is -2.31. The van der Waals surface area contributed by atoms with Gasteiger partial charge in [-0.15, -0.1) is 0 Å². The van der Waals surface area contributed by atoms with Gasteiger partial charge in [0.15, 0.2) is 0 Å². The maximum absolute atomic E-state index is 12.3. The number of aldehydes is 1. The molecule has 1 atom stereocenters. The van der Waals surface area contributed by atoms with Crippen molar-refractivity contribution in [2.75, 3.05) is 30.9 Å². The Bertz CT molecular complexity index is 776. The molecule has 158 valence electrons. The van der Waals surface area contributed by atoms with Crippen LogP contribution in [0, 0.1) is 17.8 Å². The van der Waals surface area contributed by atoms with E-state index in [1.165, 1.54) is 25.7 Å². The summed E-state index contributed by atoms with van der Waals surface area (Å²) < 4.78 is 5.35. The minimum atomic E-state index is -0.552. The number of amides is 1. The number of carbonyl (C=O) groups is 2. The first-order valence-electron chi connectivity index (χ1n) is 10.5. The first-order valence-corrected chi connectivity index (χ1v) is 10.9. The minimum Gasteiger partial charge on any atom is -0.381 e. The van der Waals surface area contributed by atoms with Gasteiger partial charge in [-0.3, -0.25) is 4.79 Å². The van der Waals surface area contributed by atoms with Crippen molar-refractivity contribution in [2.45, 2.75) is 50.0 Å². The van der Waals surface area contributed by atoms with E-state index in [1.54, 1.807) is 7.05 Å². The predicted molar refractivity (Wildman–Crippen MR) is 112 cm³/mol. The summed E-state index contributed by atoms with van der Waals surface area (Å²) in [6, 6.07) is 1.65. The summed E-state index contributed by atoms with van der Waals surface area (Å²) in [5, 5.41) is 6.25. The minimum absolute atomic E-state index is 0.0118. The third-order valence-electron chi connectivity index (χ3n) is 6.67. The molecule has 1 amide bonds. The van der Waals surface area contributed by atoms with Crippen LogP contribution in [0.5, 0.6) is 0 Å². The monoisotopic (exact) mass is 420 g/mol. The zero-order valence-corrected chi connectivity index (χ0v) is 17.5. The number of hydrogen-bond donors (Lipinski definition) is 3. The molecule has 1 unspecified atom stereocenters. The quantitative estimate of drug-likeness (QED) is 0.499. The Balaban J connectivity index is 0.000000159. The molecule has 2 aliphatic heterocycles. The van der Waals surface area contributed by atoms with Crippen molar-refractivity contribution in [2.24, 2.45) is 23.5 Å². The number of aromatic nitrogens is 1. The highest BCUT2D eigenvalue weighted by Gasteiger charge is 2.49. The smallest absolute Gasteiger partial charge is 0.235 e. The molecule has 1 saturated heterocycles. The summed E-state index contributed by atoms with van der Waals surface area (Å²) in [5.74, 6) is 2.79. The van der Waals surface area contributed by atoms with E-state index in [-0.39, 0.29) is 11.9 Å². The van der Waals surface area contributed by atoms with Crippen molar-refractivity contribution in [3.05, 3.63) is 16.8 Å². The van der Waals surface area contributed by atoms with Gasteiger partial charge in [0.05, 0.1) is 17.1 Å². The molecular weight excluding hydrogens is 392 g/mol. The lowest BCUT2D eigenvalue weighted by atomic mass is 9.76. The van der Waals surface area contributed by atoms with E-state index < -0.39 is 5.41 Å². The van der Waals surface area contributed by atoms with E-state index in [1.807, 2.05) is 6.07 Å². The Morgan fingerprint density at radius 3 is 2.45 bits per heavy atom. The molecule has 2 aliphatic carbocycles. The highest BCUT2D eigenvalue weighted by molar-refractivity contribution is 6.32. The van der Waals surface area contributed by atoms with Gasteiger partial charge in [0.1, 0.15) is 17.3 Å². The van der Waals surface area contributed by atoms with E-state index in [0.29, 0.717) is 42.9 Å². The average Bonchev–Trinajstić information content (AvgIpc) is 3.64. The second kappa shape index (κ2) is 8.20. The SMILES string of the molecule is CNc1cc2c(c(Cl)n1)C1(CCOCC1)C(=O)N2.NC(C=O)C(C1CC1)C1CC1. The number of pyridine rings is 1. The molecular formula is C21H29ClN4O3. The molecule has 1 aromatic rings. The van der Waals surface area contributed by atoms with E-state index in [9.17, 15) is 9.59 Å². The molecule has 4 N–H and O–H groups in total. The number of carbonyl (C=O) groups excluding carboxylic acids is 2. The molecule has 7 nitrogen and oxygen atoms in total. The number of ether oxygens (including phenoxy) is 1. The van der Waals surface area contributed by atoms with Gasteiger partial charge in [0, 0.05) is 31.9 Å². The van der Waals surface area contributed by atoms with Crippen molar-refractivity contribution >= 4 is 35.3 Å². The lowest BCUT2D eigenvalue weighted by Crippen LogP contribution is -2.40. The molecule has 3 fully saturated rings. The Labute approximate surface area is 176 Å². The molecule has 8 heteroatoms. The maximum atomic E-state index is 12.3. The van der Waals surface area contributed by atoms with Gasteiger partial charge in [0.25, 0.3) is 0 Å². The third-order valence-corrected chi connectivity index (χ3v) is 6.95. The molecule has 5 rings (SSSR count). The average molecular weight is 421 g/mol. The van der Waals surface area contributed by atoms with E-state index >= 15 is 0 Å². The number of nitrogens with zero attached hydrogens (tertiary/aromatic N) is 1. The highest BCUT2D eigenvalue weighted by Crippen LogP contribution is 2.50. The standard InChI is InChI=1S/C12H14ClN3O2.C9H15NO/c1-14-8-6-7-9(10(13)16-8)12(11(17)15-7)2-4-18-5-3-12;10-8(5-11)9(6-1-2-6)7-3-4-7/h6H,2-5H2,1H3,(H,14,16)(H,15,17);5-9H,1-4,10H2. The van der Waals surface area contributed by atoms with Crippen molar-refractivity contribution in [1.29, 1.82) is 0 Å². The summed E-state index contributed by atoms with van der Waals surface area (Å²) in [6.45, 7) is 1.16. The van der Waals surface area contributed by atoms with Gasteiger partial charge in [-0.1, -0.05) is 11.6 Å². The van der Waals surface area contributed by atoms with Crippen LogP contribution in [0.15, 0.2) is 6.07 Å². The Kier molecular flexibility index (Phi) is 5.82. The van der Waals surface area contributed by atoms with Gasteiger partial charge in [-0.25, -0.2) is 4.98 Å². The van der Waals surface area contributed by atoms with Crippen LogP contribution in [0.2, 0.25) is 5.15 Å². The largest absolute Gasteiger partial charge is 0.381 e. The zero-order valence-electron chi connectivity index (χ0n) is 16.7. The van der Waals surface area contributed by atoms with Gasteiger partial charge >= 0.3 is 0 Å². The van der Waals surface area contributed by atoms with Crippen molar-refractivity contribution in [3.63, 3.8) is 0 Å². The van der Waals surface area contributed by atoms with Gasteiger partial charge in [0.2, 0.25) is 5.91 Å². The Morgan fingerprint density at radius 1 is 1.31 bits per heavy atom. The normalized spacial score (nSPS) is 23.1. The zero-order chi connectivity index (χ0) is 20.6. The van der Waals surface area contributed by atoms with Crippen molar-refractivity contribution < 1.29 is 14.3 Å². The summed E-state index contributed by atoms with van der Waals surface area (Å²) in [4.78, 5) is 27.0.